The van der Waals surface area contributed by atoms with Crippen LogP contribution in [0.4, 0.5) is 4.39 Å². The summed E-state index contributed by atoms with van der Waals surface area (Å²) in [6.07, 6.45) is 0. The Balaban J connectivity index is 2.65. The van der Waals surface area contributed by atoms with Gasteiger partial charge in [-0.25, -0.2) is 9.40 Å². The van der Waals surface area contributed by atoms with E-state index in [0.717, 1.165) is 11.1 Å². The summed E-state index contributed by atoms with van der Waals surface area (Å²) in [6, 6.07) is 6.55. The molecule has 0 unspecified atom stereocenters. The third-order valence-corrected chi connectivity index (χ3v) is 2.29. The van der Waals surface area contributed by atoms with E-state index in [4.69, 9.17) is 5.84 Å². The summed E-state index contributed by atoms with van der Waals surface area (Å²) in [5.74, 6) is 5.55. The molecule has 2 N–H and O–H groups in total. The molecule has 1 aromatic rings. The minimum Gasteiger partial charge on any atom is -0.268 e. The molecule has 15 heavy (non-hydrogen) atoms. The molecule has 0 aliphatic rings. The van der Waals surface area contributed by atoms with Crippen LogP contribution in [0.25, 0.3) is 5.57 Å². The van der Waals surface area contributed by atoms with Gasteiger partial charge in [0.05, 0.1) is 0 Å². The lowest BCUT2D eigenvalue weighted by Crippen LogP contribution is -2.38. The third kappa shape index (κ3) is 3.46. The lowest BCUT2D eigenvalue weighted by molar-refractivity contribution is 0.258. The Morgan fingerprint density at radius 1 is 1.40 bits per heavy atom. The third-order valence-electron chi connectivity index (χ3n) is 2.29. The van der Waals surface area contributed by atoms with Crippen molar-refractivity contribution in [3.05, 3.63) is 42.2 Å². The second-order valence-electron chi connectivity index (χ2n) is 3.88. The summed E-state index contributed by atoms with van der Waals surface area (Å²) in [4.78, 5) is 0. The highest BCUT2D eigenvalue weighted by molar-refractivity contribution is 5.64. The molecule has 0 amide bonds. The molecule has 0 heterocycles. The second-order valence-corrected chi connectivity index (χ2v) is 3.88. The minimum absolute atomic E-state index is 0.236. The van der Waals surface area contributed by atoms with Gasteiger partial charge in [0.2, 0.25) is 0 Å². The number of halogens is 1. The lowest BCUT2D eigenvalue weighted by atomic mass is 10.1. The van der Waals surface area contributed by atoms with E-state index in [1.165, 1.54) is 12.1 Å². The Hall–Kier alpha value is -1.19. The van der Waals surface area contributed by atoms with E-state index < -0.39 is 0 Å². The highest BCUT2D eigenvalue weighted by Crippen LogP contribution is 2.14. The van der Waals surface area contributed by atoms with Crippen molar-refractivity contribution < 1.29 is 4.39 Å². The molecule has 0 fully saturated rings. The average molecular weight is 208 g/mol. The van der Waals surface area contributed by atoms with Crippen molar-refractivity contribution in [3.8, 4) is 0 Å². The van der Waals surface area contributed by atoms with Gasteiger partial charge in [0.15, 0.2) is 0 Å². The zero-order chi connectivity index (χ0) is 11.4. The SMILES string of the molecule is C=C(CN(N)C(C)C)c1ccc(F)cc1. The first-order valence-electron chi connectivity index (χ1n) is 4.95. The van der Waals surface area contributed by atoms with Gasteiger partial charge in [0, 0.05) is 12.6 Å². The molecule has 0 aliphatic heterocycles. The van der Waals surface area contributed by atoms with Crippen molar-refractivity contribution in [3.63, 3.8) is 0 Å². The topological polar surface area (TPSA) is 29.3 Å². The Kier molecular flexibility index (Phi) is 4.00. The van der Waals surface area contributed by atoms with Gasteiger partial charge >= 0.3 is 0 Å². The van der Waals surface area contributed by atoms with Gasteiger partial charge in [-0.05, 0) is 37.1 Å². The zero-order valence-corrected chi connectivity index (χ0v) is 9.20. The fraction of sp³-hybridized carbons (Fsp3) is 0.333. The van der Waals surface area contributed by atoms with E-state index in [1.54, 1.807) is 17.1 Å². The molecule has 0 atom stereocenters. The average Bonchev–Trinajstić information content (AvgIpc) is 2.18. The molecular weight excluding hydrogens is 191 g/mol. The van der Waals surface area contributed by atoms with E-state index >= 15 is 0 Å². The molecule has 1 aromatic carbocycles. The largest absolute Gasteiger partial charge is 0.268 e. The predicted molar refractivity (Wildman–Crippen MR) is 61.5 cm³/mol. The van der Waals surface area contributed by atoms with Crippen LogP contribution in [0.15, 0.2) is 30.8 Å². The molecule has 0 aliphatic carbocycles. The molecule has 0 spiro atoms. The highest BCUT2D eigenvalue weighted by Gasteiger charge is 2.07. The molecule has 0 radical (unpaired) electrons. The van der Waals surface area contributed by atoms with Gasteiger partial charge < -0.3 is 0 Å². The quantitative estimate of drug-likeness (QED) is 0.608. The molecule has 82 valence electrons. The van der Waals surface area contributed by atoms with Crippen molar-refractivity contribution >= 4 is 5.57 Å². The maximum Gasteiger partial charge on any atom is 0.123 e. The summed E-state index contributed by atoms with van der Waals surface area (Å²) in [6.45, 7) is 8.54. The first-order valence-corrected chi connectivity index (χ1v) is 4.95. The number of nitrogens with zero attached hydrogens (tertiary/aromatic N) is 1. The van der Waals surface area contributed by atoms with E-state index in [-0.39, 0.29) is 11.9 Å². The second kappa shape index (κ2) is 5.05. The first kappa shape index (κ1) is 11.9. The van der Waals surface area contributed by atoms with Crippen LogP contribution in [0.2, 0.25) is 0 Å². The Bertz CT molecular complexity index is 330. The maximum atomic E-state index is 12.7. The zero-order valence-electron chi connectivity index (χ0n) is 9.20. The van der Waals surface area contributed by atoms with Gasteiger partial charge in [-0.15, -0.1) is 0 Å². The van der Waals surface area contributed by atoms with Crippen LogP contribution in [0.3, 0.4) is 0 Å². The van der Waals surface area contributed by atoms with Crippen LogP contribution in [0.1, 0.15) is 19.4 Å². The summed E-state index contributed by atoms with van der Waals surface area (Å²) < 4.78 is 12.7. The van der Waals surface area contributed by atoms with E-state index in [0.29, 0.717) is 6.54 Å². The maximum absolute atomic E-state index is 12.7. The van der Waals surface area contributed by atoms with Crippen LogP contribution < -0.4 is 5.84 Å². The van der Waals surface area contributed by atoms with Crippen molar-refractivity contribution in [2.45, 2.75) is 19.9 Å². The van der Waals surface area contributed by atoms with Gasteiger partial charge in [-0.3, -0.25) is 5.84 Å². The molecule has 1 rings (SSSR count). The summed E-state index contributed by atoms with van der Waals surface area (Å²) >= 11 is 0. The highest BCUT2D eigenvalue weighted by atomic mass is 19.1. The Morgan fingerprint density at radius 3 is 2.40 bits per heavy atom. The smallest absolute Gasteiger partial charge is 0.123 e. The minimum atomic E-state index is -0.236. The molecule has 0 aromatic heterocycles. The van der Waals surface area contributed by atoms with Crippen LogP contribution in [0.5, 0.6) is 0 Å². The molecule has 0 bridgehead atoms. The summed E-state index contributed by atoms with van der Waals surface area (Å²) in [5, 5.41) is 1.70. The number of hydrogen-bond acceptors (Lipinski definition) is 2. The van der Waals surface area contributed by atoms with Crippen molar-refractivity contribution in [2.75, 3.05) is 6.54 Å². The van der Waals surface area contributed by atoms with Gasteiger partial charge in [0.25, 0.3) is 0 Å². The fourth-order valence-corrected chi connectivity index (χ4v) is 1.18. The molecule has 0 saturated heterocycles. The standard InChI is InChI=1S/C12H17FN2/c1-9(2)15(14)8-10(3)11-4-6-12(13)7-5-11/h4-7,9H,3,8,14H2,1-2H3. The van der Waals surface area contributed by atoms with Gasteiger partial charge in [-0.2, -0.15) is 0 Å². The molecule has 3 heteroatoms. The van der Waals surface area contributed by atoms with Gasteiger partial charge in [0.1, 0.15) is 5.82 Å². The number of hydrogen-bond donors (Lipinski definition) is 1. The van der Waals surface area contributed by atoms with E-state index in [1.807, 2.05) is 13.8 Å². The predicted octanol–water partition coefficient (Wildman–Crippen LogP) is 2.42. The van der Waals surface area contributed by atoms with Crippen LogP contribution in [-0.2, 0) is 0 Å². The number of hydrazine groups is 1. The monoisotopic (exact) mass is 208 g/mol. The summed E-state index contributed by atoms with van der Waals surface area (Å²) in [5.41, 5.74) is 1.82. The summed E-state index contributed by atoms with van der Waals surface area (Å²) in [7, 11) is 0. The van der Waals surface area contributed by atoms with Crippen molar-refractivity contribution in [2.24, 2.45) is 5.84 Å². The van der Waals surface area contributed by atoms with Crippen LogP contribution in [0, 0.1) is 5.82 Å². The van der Waals surface area contributed by atoms with E-state index in [9.17, 15) is 4.39 Å². The van der Waals surface area contributed by atoms with Crippen molar-refractivity contribution in [1.29, 1.82) is 0 Å². The number of benzene rings is 1. The van der Waals surface area contributed by atoms with Crippen LogP contribution >= 0.6 is 0 Å². The lowest BCUT2D eigenvalue weighted by Gasteiger charge is -2.21. The Morgan fingerprint density at radius 2 is 1.93 bits per heavy atom. The molecular formula is C12H17FN2. The molecule has 2 nitrogen and oxygen atoms in total. The van der Waals surface area contributed by atoms with Crippen molar-refractivity contribution in [1.82, 2.24) is 5.01 Å². The Labute approximate surface area is 90.2 Å². The molecule has 0 saturated carbocycles. The number of nitrogens with two attached hydrogens (primary N) is 1. The number of rotatable bonds is 4. The van der Waals surface area contributed by atoms with Crippen LogP contribution in [-0.4, -0.2) is 17.6 Å². The van der Waals surface area contributed by atoms with E-state index in [2.05, 4.69) is 6.58 Å². The first-order chi connectivity index (χ1) is 7.00. The normalized spacial score (nSPS) is 11.1. The van der Waals surface area contributed by atoms with Gasteiger partial charge in [-0.1, -0.05) is 18.7 Å². The fourth-order valence-electron chi connectivity index (χ4n) is 1.18.